The van der Waals surface area contributed by atoms with E-state index in [-0.39, 0.29) is 0 Å². The number of rotatable bonds is 4. The zero-order valence-electron chi connectivity index (χ0n) is 16.9. The molecule has 0 saturated heterocycles. The van der Waals surface area contributed by atoms with E-state index >= 15 is 0 Å². The molecule has 4 heteroatoms. The predicted octanol–water partition coefficient (Wildman–Crippen LogP) is 6.48. The highest BCUT2D eigenvalue weighted by atomic mass is 16.5. The Labute approximate surface area is 175 Å². The van der Waals surface area contributed by atoms with Crippen LogP contribution in [0.15, 0.2) is 95.6 Å². The van der Waals surface area contributed by atoms with Crippen molar-refractivity contribution in [3.8, 4) is 39.4 Å². The first-order valence-corrected chi connectivity index (χ1v) is 9.94. The highest BCUT2D eigenvalue weighted by Crippen LogP contribution is 2.38. The van der Waals surface area contributed by atoms with Crippen LogP contribution < -0.4 is 0 Å². The first-order valence-electron chi connectivity index (χ1n) is 9.94. The number of hydrogen-bond acceptors (Lipinski definition) is 3. The second-order valence-electron chi connectivity index (χ2n) is 7.42. The Morgan fingerprint density at radius 1 is 0.733 bits per heavy atom. The second kappa shape index (κ2) is 7.48. The Kier molecular flexibility index (Phi) is 4.52. The topological polar surface area (TPSA) is 43.9 Å². The van der Waals surface area contributed by atoms with E-state index in [0.717, 1.165) is 39.3 Å². The van der Waals surface area contributed by atoms with Gasteiger partial charge in [-0.25, -0.2) is 4.68 Å². The minimum Gasteiger partial charge on any atom is -0.356 e. The Morgan fingerprint density at radius 3 is 2.13 bits per heavy atom. The monoisotopic (exact) mass is 391 g/mol. The van der Waals surface area contributed by atoms with Crippen molar-refractivity contribution >= 4 is 0 Å². The molecule has 30 heavy (non-hydrogen) atoms. The van der Waals surface area contributed by atoms with Gasteiger partial charge in [-0.15, -0.1) is 0 Å². The average molecular weight is 391 g/mol. The quantitative estimate of drug-likeness (QED) is 0.352. The first-order chi connectivity index (χ1) is 14.7. The van der Waals surface area contributed by atoms with Crippen molar-refractivity contribution in [1.82, 2.24) is 14.9 Å². The van der Waals surface area contributed by atoms with Crippen molar-refractivity contribution in [1.29, 1.82) is 0 Å². The molecule has 0 aliphatic rings. The van der Waals surface area contributed by atoms with Crippen molar-refractivity contribution in [3.05, 3.63) is 102 Å². The van der Waals surface area contributed by atoms with Crippen LogP contribution in [0.5, 0.6) is 0 Å². The summed E-state index contributed by atoms with van der Waals surface area (Å²) in [6.45, 7) is 4.02. The van der Waals surface area contributed by atoms with E-state index in [1.807, 2.05) is 60.3 Å². The minimum atomic E-state index is 0.711. The molecule has 0 saturated carbocycles. The molecule has 0 radical (unpaired) electrons. The van der Waals surface area contributed by atoms with E-state index in [2.05, 4.69) is 54.5 Å². The summed E-state index contributed by atoms with van der Waals surface area (Å²) >= 11 is 0. The fourth-order valence-corrected chi connectivity index (χ4v) is 3.63. The third-order valence-electron chi connectivity index (χ3n) is 5.17. The number of aromatic nitrogens is 3. The molecular weight excluding hydrogens is 370 g/mol. The molecule has 0 fully saturated rings. The average Bonchev–Trinajstić information content (AvgIpc) is 3.41. The maximum absolute atomic E-state index is 5.62. The Hall–Kier alpha value is -3.92. The number of benzene rings is 3. The molecule has 2 heterocycles. The lowest BCUT2D eigenvalue weighted by atomic mass is 9.95. The number of hydrogen-bond donors (Lipinski definition) is 0. The van der Waals surface area contributed by atoms with Gasteiger partial charge in [0.1, 0.15) is 5.69 Å². The maximum Gasteiger partial charge on any atom is 0.170 e. The lowest BCUT2D eigenvalue weighted by Gasteiger charge is -2.09. The zero-order valence-corrected chi connectivity index (χ0v) is 16.9. The zero-order chi connectivity index (χ0) is 20.5. The van der Waals surface area contributed by atoms with Crippen LogP contribution in [-0.2, 0) is 0 Å². The molecule has 0 spiro atoms. The van der Waals surface area contributed by atoms with Gasteiger partial charge in [0.2, 0.25) is 0 Å². The van der Waals surface area contributed by atoms with E-state index in [4.69, 9.17) is 9.62 Å². The van der Waals surface area contributed by atoms with Crippen LogP contribution in [0.2, 0.25) is 0 Å². The van der Waals surface area contributed by atoms with Gasteiger partial charge in [0.15, 0.2) is 5.76 Å². The molecule has 0 amide bonds. The third kappa shape index (κ3) is 3.33. The Morgan fingerprint density at radius 2 is 1.43 bits per heavy atom. The van der Waals surface area contributed by atoms with Gasteiger partial charge in [-0.2, -0.15) is 5.10 Å². The van der Waals surface area contributed by atoms with Gasteiger partial charge in [0.05, 0.1) is 16.9 Å². The summed E-state index contributed by atoms with van der Waals surface area (Å²) in [5.41, 5.74) is 8.20. The van der Waals surface area contributed by atoms with Gasteiger partial charge < -0.3 is 4.52 Å². The predicted molar refractivity (Wildman–Crippen MR) is 119 cm³/mol. The number of nitrogens with zero attached hydrogens (tertiary/aromatic N) is 3. The molecule has 3 aromatic carbocycles. The molecular formula is C26H21N3O. The minimum absolute atomic E-state index is 0.711. The van der Waals surface area contributed by atoms with Crippen molar-refractivity contribution in [2.75, 3.05) is 0 Å². The van der Waals surface area contributed by atoms with Crippen molar-refractivity contribution in [2.24, 2.45) is 0 Å². The van der Waals surface area contributed by atoms with Crippen LogP contribution in [0.3, 0.4) is 0 Å². The SMILES string of the molecule is Cc1ccc(-c2ccccc2-c2nn(-c3ccccc3)cc2-c2cc(C)no2)cc1. The van der Waals surface area contributed by atoms with Gasteiger partial charge in [-0.1, -0.05) is 77.5 Å². The normalized spacial score (nSPS) is 11.0. The lowest BCUT2D eigenvalue weighted by Crippen LogP contribution is -1.94. The highest BCUT2D eigenvalue weighted by molar-refractivity contribution is 5.88. The summed E-state index contributed by atoms with van der Waals surface area (Å²) in [6.07, 6.45) is 2.01. The van der Waals surface area contributed by atoms with E-state index < -0.39 is 0 Å². The summed E-state index contributed by atoms with van der Waals surface area (Å²) in [7, 11) is 0. The molecule has 0 N–H and O–H groups in total. The van der Waals surface area contributed by atoms with E-state index in [0.29, 0.717) is 5.76 Å². The second-order valence-corrected chi connectivity index (χ2v) is 7.42. The van der Waals surface area contributed by atoms with Gasteiger partial charge in [0, 0.05) is 17.8 Å². The summed E-state index contributed by atoms with van der Waals surface area (Å²) in [4.78, 5) is 0. The molecule has 0 bridgehead atoms. The van der Waals surface area contributed by atoms with Crippen molar-refractivity contribution in [3.63, 3.8) is 0 Å². The van der Waals surface area contributed by atoms with Gasteiger partial charge in [0.25, 0.3) is 0 Å². The van der Waals surface area contributed by atoms with Crippen LogP contribution in [0.1, 0.15) is 11.3 Å². The van der Waals surface area contributed by atoms with Gasteiger partial charge >= 0.3 is 0 Å². The first kappa shape index (κ1) is 18.1. The largest absolute Gasteiger partial charge is 0.356 e. The standard InChI is InChI=1S/C26H21N3O/c1-18-12-14-20(15-13-18)22-10-6-7-11-23(22)26-24(25-16-19(2)28-30-25)17-29(27-26)21-8-4-3-5-9-21/h3-17H,1-2H3. The smallest absolute Gasteiger partial charge is 0.170 e. The van der Waals surface area contributed by atoms with Crippen molar-refractivity contribution in [2.45, 2.75) is 13.8 Å². The van der Waals surface area contributed by atoms with E-state index in [9.17, 15) is 0 Å². The number of para-hydroxylation sites is 1. The lowest BCUT2D eigenvalue weighted by molar-refractivity contribution is 0.427. The molecule has 4 nitrogen and oxygen atoms in total. The van der Waals surface area contributed by atoms with Crippen LogP contribution in [0.4, 0.5) is 0 Å². The van der Waals surface area contributed by atoms with Crippen LogP contribution >= 0.6 is 0 Å². The summed E-state index contributed by atoms with van der Waals surface area (Å²) in [5, 5.41) is 9.06. The summed E-state index contributed by atoms with van der Waals surface area (Å²) in [5.74, 6) is 0.711. The third-order valence-corrected chi connectivity index (χ3v) is 5.17. The molecule has 0 atom stereocenters. The maximum atomic E-state index is 5.62. The Bertz CT molecular complexity index is 1300. The fourth-order valence-electron chi connectivity index (χ4n) is 3.63. The number of aryl methyl sites for hydroxylation is 2. The molecule has 5 aromatic rings. The molecule has 0 aliphatic carbocycles. The highest BCUT2D eigenvalue weighted by Gasteiger charge is 2.20. The van der Waals surface area contributed by atoms with Crippen LogP contribution in [0, 0.1) is 13.8 Å². The molecule has 0 aliphatic heterocycles. The van der Waals surface area contributed by atoms with Crippen LogP contribution in [0.25, 0.3) is 39.4 Å². The Balaban J connectivity index is 1.73. The van der Waals surface area contributed by atoms with Gasteiger partial charge in [-0.3, -0.25) is 0 Å². The van der Waals surface area contributed by atoms with Gasteiger partial charge in [-0.05, 0) is 37.1 Å². The van der Waals surface area contributed by atoms with Crippen molar-refractivity contribution < 1.29 is 4.52 Å². The summed E-state index contributed by atoms with van der Waals surface area (Å²) < 4.78 is 7.52. The van der Waals surface area contributed by atoms with Crippen LogP contribution in [-0.4, -0.2) is 14.9 Å². The van der Waals surface area contributed by atoms with E-state index in [1.165, 1.54) is 5.56 Å². The van der Waals surface area contributed by atoms with E-state index in [1.54, 1.807) is 0 Å². The summed E-state index contributed by atoms with van der Waals surface area (Å²) in [6, 6.07) is 29.0. The molecule has 146 valence electrons. The molecule has 2 aromatic heterocycles. The molecule has 0 unspecified atom stereocenters. The fraction of sp³-hybridized carbons (Fsp3) is 0.0769. The molecule has 5 rings (SSSR count).